The van der Waals surface area contributed by atoms with E-state index in [9.17, 15) is 0 Å². The minimum atomic E-state index is 0.647. The van der Waals surface area contributed by atoms with E-state index in [2.05, 4.69) is 46.9 Å². The third-order valence-electron chi connectivity index (χ3n) is 2.80. The lowest BCUT2D eigenvalue weighted by Gasteiger charge is -2.03. The largest absolute Gasteiger partial charge is 0.345 e. The molecule has 3 aromatic heterocycles. The SMILES string of the molecule is [c]1c(-c2c[nH]nn2)c(-c2ncc[nH]2)cc2[nH]nnc12. The maximum absolute atomic E-state index is 4.26. The molecule has 19 heavy (non-hydrogen) atoms. The zero-order valence-corrected chi connectivity index (χ0v) is 9.55. The standard InChI is InChI=1S/C11H7N8/c1-2-13-11(12-1)7-4-9-8(15-19-16-9)3-6(7)10-5-14-18-17-10/h1-2,4-5H,(H,12,13)(H,14,17,18)(H,15,16,19). The van der Waals surface area contributed by atoms with Crippen LogP contribution < -0.4 is 0 Å². The molecular weight excluding hydrogens is 244 g/mol. The highest BCUT2D eigenvalue weighted by atomic mass is 15.3. The van der Waals surface area contributed by atoms with Crippen molar-refractivity contribution >= 4 is 11.0 Å². The van der Waals surface area contributed by atoms with Crippen LogP contribution in [0.5, 0.6) is 0 Å². The topological polar surface area (TPSA) is 112 Å². The second-order valence-electron chi connectivity index (χ2n) is 3.93. The molecule has 0 aliphatic carbocycles. The lowest BCUT2D eigenvalue weighted by atomic mass is 10.0. The Balaban J connectivity index is 2.06. The second kappa shape index (κ2) is 3.73. The summed E-state index contributed by atoms with van der Waals surface area (Å²) < 4.78 is 0. The molecule has 8 heteroatoms. The Hall–Kier alpha value is -3.03. The number of aromatic nitrogens is 8. The maximum Gasteiger partial charge on any atom is 0.138 e. The number of nitrogens with zero attached hydrogens (tertiary/aromatic N) is 5. The van der Waals surface area contributed by atoms with Crippen LogP contribution in [0.4, 0.5) is 0 Å². The summed E-state index contributed by atoms with van der Waals surface area (Å²) in [5, 5.41) is 21.0. The Morgan fingerprint density at radius 1 is 1.16 bits per heavy atom. The molecule has 0 atom stereocenters. The minimum Gasteiger partial charge on any atom is -0.345 e. The van der Waals surface area contributed by atoms with Gasteiger partial charge in [-0.15, -0.1) is 10.2 Å². The molecule has 0 spiro atoms. The number of hydrogen-bond donors (Lipinski definition) is 3. The molecule has 91 valence electrons. The van der Waals surface area contributed by atoms with E-state index in [1.807, 2.05) is 6.07 Å². The summed E-state index contributed by atoms with van der Waals surface area (Å²) in [7, 11) is 0. The van der Waals surface area contributed by atoms with Gasteiger partial charge in [0.25, 0.3) is 0 Å². The summed E-state index contributed by atoms with van der Waals surface area (Å²) in [6, 6.07) is 5.09. The predicted octanol–water partition coefficient (Wildman–Crippen LogP) is 0.933. The molecule has 0 unspecified atom stereocenters. The van der Waals surface area contributed by atoms with Crippen LogP contribution in [0.15, 0.2) is 24.7 Å². The first-order valence-corrected chi connectivity index (χ1v) is 5.55. The van der Waals surface area contributed by atoms with Gasteiger partial charge in [-0.1, -0.05) is 10.4 Å². The smallest absolute Gasteiger partial charge is 0.138 e. The van der Waals surface area contributed by atoms with Crippen molar-refractivity contribution in [3.63, 3.8) is 0 Å². The van der Waals surface area contributed by atoms with Crippen molar-refractivity contribution in [3.8, 4) is 22.6 Å². The number of rotatable bonds is 2. The number of benzene rings is 1. The zero-order valence-electron chi connectivity index (χ0n) is 9.55. The molecule has 0 fully saturated rings. The molecule has 0 bridgehead atoms. The Kier molecular flexibility index (Phi) is 1.95. The summed E-state index contributed by atoms with van der Waals surface area (Å²) in [5.41, 5.74) is 3.74. The van der Waals surface area contributed by atoms with Crippen molar-refractivity contribution in [2.24, 2.45) is 0 Å². The second-order valence-corrected chi connectivity index (χ2v) is 3.93. The number of aromatic amines is 3. The fraction of sp³-hybridized carbons (Fsp3) is 0. The molecule has 0 aliphatic rings. The molecule has 1 radical (unpaired) electrons. The first-order valence-electron chi connectivity index (χ1n) is 5.55. The normalized spacial score (nSPS) is 11.2. The van der Waals surface area contributed by atoms with Crippen LogP contribution in [0.25, 0.3) is 33.7 Å². The van der Waals surface area contributed by atoms with Gasteiger partial charge in [-0.2, -0.15) is 0 Å². The molecule has 0 amide bonds. The number of imidazole rings is 1. The van der Waals surface area contributed by atoms with Crippen LogP contribution in [0.1, 0.15) is 0 Å². The summed E-state index contributed by atoms with van der Waals surface area (Å²) in [6.45, 7) is 0. The Labute approximate surface area is 106 Å². The minimum absolute atomic E-state index is 0.647. The van der Waals surface area contributed by atoms with Crippen molar-refractivity contribution in [1.29, 1.82) is 0 Å². The fourth-order valence-corrected chi connectivity index (χ4v) is 1.96. The molecule has 0 saturated heterocycles. The summed E-state index contributed by atoms with van der Waals surface area (Å²) in [6.07, 6.45) is 5.15. The van der Waals surface area contributed by atoms with E-state index in [0.717, 1.165) is 22.5 Å². The Morgan fingerprint density at radius 2 is 2.16 bits per heavy atom. The maximum atomic E-state index is 4.26. The fourth-order valence-electron chi connectivity index (χ4n) is 1.96. The van der Waals surface area contributed by atoms with Gasteiger partial charge < -0.3 is 4.98 Å². The number of nitrogens with one attached hydrogen (secondary N) is 3. The van der Waals surface area contributed by atoms with E-state index in [-0.39, 0.29) is 0 Å². The summed E-state index contributed by atoms with van der Waals surface area (Å²) in [4.78, 5) is 7.33. The van der Waals surface area contributed by atoms with Crippen LogP contribution in [-0.2, 0) is 0 Å². The van der Waals surface area contributed by atoms with Gasteiger partial charge in [0.2, 0.25) is 0 Å². The molecule has 0 saturated carbocycles. The van der Waals surface area contributed by atoms with E-state index in [1.54, 1.807) is 18.6 Å². The van der Waals surface area contributed by atoms with Gasteiger partial charge in [0.1, 0.15) is 17.0 Å². The molecule has 4 aromatic rings. The third kappa shape index (κ3) is 1.50. The lowest BCUT2D eigenvalue weighted by Crippen LogP contribution is -1.89. The van der Waals surface area contributed by atoms with Crippen molar-refractivity contribution < 1.29 is 0 Å². The molecule has 1 aromatic carbocycles. The van der Waals surface area contributed by atoms with Gasteiger partial charge in [-0.3, -0.25) is 10.2 Å². The summed E-state index contributed by atoms with van der Waals surface area (Å²) >= 11 is 0. The monoisotopic (exact) mass is 251 g/mol. The van der Waals surface area contributed by atoms with Gasteiger partial charge in [0, 0.05) is 29.6 Å². The number of fused-ring (bicyclic) bond motifs is 1. The van der Waals surface area contributed by atoms with E-state index in [1.165, 1.54) is 0 Å². The predicted molar refractivity (Wildman–Crippen MR) is 65.7 cm³/mol. The Morgan fingerprint density at radius 3 is 2.95 bits per heavy atom. The van der Waals surface area contributed by atoms with E-state index in [0.29, 0.717) is 11.2 Å². The van der Waals surface area contributed by atoms with Crippen LogP contribution in [0.2, 0.25) is 0 Å². The van der Waals surface area contributed by atoms with Crippen LogP contribution in [0.3, 0.4) is 0 Å². The highest BCUT2D eigenvalue weighted by Gasteiger charge is 2.15. The molecule has 3 N–H and O–H groups in total. The average Bonchev–Trinajstić information content (AvgIpc) is 3.18. The lowest BCUT2D eigenvalue weighted by molar-refractivity contribution is 0.942. The highest BCUT2D eigenvalue weighted by Crippen LogP contribution is 2.30. The summed E-state index contributed by atoms with van der Waals surface area (Å²) in [5.74, 6) is 0.728. The first-order chi connectivity index (χ1) is 9.42. The van der Waals surface area contributed by atoms with Crippen LogP contribution in [-0.4, -0.2) is 40.8 Å². The van der Waals surface area contributed by atoms with Crippen LogP contribution in [0, 0.1) is 6.07 Å². The highest BCUT2D eigenvalue weighted by molar-refractivity contribution is 5.89. The third-order valence-corrected chi connectivity index (χ3v) is 2.80. The van der Waals surface area contributed by atoms with Crippen molar-refractivity contribution in [1.82, 2.24) is 40.8 Å². The zero-order chi connectivity index (χ0) is 12.7. The van der Waals surface area contributed by atoms with Gasteiger partial charge in [0.05, 0.1) is 11.7 Å². The van der Waals surface area contributed by atoms with Gasteiger partial charge in [-0.05, 0) is 6.07 Å². The van der Waals surface area contributed by atoms with Gasteiger partial charge in [-0.25, -0.2) is 4.98 Å². The molecular formula is C11H7N8. The van der Waals surface area contributed by atoms with Gasteiger partial charge in [0.15, 0.2) is 0 Å². The molecule has 8 nitrogen and oxygen atoms in total. The average molecular weight is 251 g/mol. The van der Waals surface area contributed by atoms with Crippen molar-refractivity contribution in [2.45, 2.75) is 0 Å². The number of H-pyrrole nitrogens is 3. The first kappa shape index (κ1) is 9.95. The van der Waals surface area contributed by atoms with E-state index < -0.39 is 0 Å². The van der Waals surface area contributed by atoms with Crippen LogP contribution >= 0.6 is 0 Å². The van der Waals surface area contributed by atoms with Crippen molar-refractivity contribution in [2.75, 3.05) is 0 Å². The van der Waals surface area contributed by atoms with Crippen molar-refractivity contribution in [3.05, 3.63) is 30.7 Å². The quantitative estimate of drug-likeness (QED) is 0.490. The molecule has 4 rings (SSSR count). The van der Waals surface area contributed by atoms with E-state index >= 15 is 0 Å². The van der Waals surface area contributed by atoms with E-state index in [4.69, 9.17) is 0 Å². The Bertz CT molecular complexity index is 744. The molecule has 3 heterocycles. The van der Waals surface area contributed by atoms with Gasteiger partial charge >= 0.3 is 0 Å². The number of hydrogen-bond acceptors (Lipinski definition) is 5. The molecule has 0 aliphatic heterocycles.